The second-order valence-corrected chi connectivity index (χ2v) is 4.36. The first-order chi connectivity index (χ1) is 8.33. The molecule has 0 radical (unpaired) electrons. The van der Waals surface area contributed by atoms with Crippen LogP contribution >= 0.6 is 0 Å². The quantitative estimate of drug-likeness (QED) is 0.856. The van der Waals surface area contributed by atoms with Gasteiger partial charge in [0.05, 0.1) is 18.4 Å². The number of ether oxygens (including phenoxy) is 1. The molecule has 1 unspecified atom stereocenters. The van der Waals surface area contributed by atoms with Gasteiger partial charge in [-0.15, -0.1) is 0 Å². The van der Waals surface area contributed by atoms with Crippen molar-refractivity contribution in [2.75, 3.05) is 31.6 Å². The van der Waals surface area contributed by atoms with Crippen molar-refractivity contribution in [2.45, 2.75) is 26.0 Å². The molecule has 1 aliphatic rings. The summed E-state index contributed by atoms with van der Waals surface area (Å²) in [5.41, 5.74) is 1.09. The molecular formula is C13H21N3O. The molecular weight excluding hydrogens is 214 g/mol. The molecule has 0 bridgehead atoms. The van der Waals surface area contributed by atoms with Crippen LogP contribution in [0.4, 0.5) is 5.82 Å². The van der Waals surface area contributed by atoms with E-state index >= 15 is 0 Å². The molecule has 0 amide bonds. The Balaban J connectivity index is 2.07. The van der Waals surface area contributed by atoms with E-state index in [0.29, 0.717) is 6.10 Å². The van der Waals surface area contributed by atoms with Crippen LogP contribution in [0.25, 0.3) is 0 Å². The molecule has 1 saturated heterocycles. The van der Waals surface area contributed by atoms with Crippen molar-refractivity contribution in [3.05, 3.63) is 23.9 Å². The zero-order valence-electron chi connectivity index (χ0n) is 10.6. The molecule has 2 rings (SSSR count). The van der Waals surface area contributed by atoms with Crippen molar-refractivity contribution in [2.24, 2.45) is 0 Å². The van der Waals surface area contributed by atoms with Crippen LogP contribution in [0.15, 0.2) is 18.2 Å². The number of nitrogens with zero attached hydrogens (tertiary/aromatic N) is 2. The summed E-state index contributed by atoms with van der Waals surface area (Å²) < 4.78 is 5.67. The lowest BCUT2D eigenvalue weighted by atomic mass is 10.2. The number of aromatic nitrogens is 1. The summed E-state index contributed by atoms with van der Waals surface area (Å²) in [6, 6.07) is 6.21. The van der Waals surface area contributed by atoms with Crippen LogP contribution in [0.5, 0.6) is 0 Å². The predicted molar refractivity (Wildman–Crippen MR) is 69.2 cm³/mol. The maximum absolute atomic E-state index is 5.67. The van der Waals surface area contributed by atoms with E-state index in [0.717, 1.165) is 44.2 Å². The Morgan fingerprint density at radius 3 is 3.18 bits per heavy atom. The first kappa shape index (κ1) is 12.3. The highest BCUT2D eigenvalue weighted by Gasteiger charge is 2.19. The molecule has 1 aromatic rings. The molecule has 0 spiro atoms. The molecule has 0 saturated carbocycles. The Bertz CT molecular complexity index is 356. The van der Waals surface area contributed by atoms with Crippen LogP contribution in [0, 0.1) is 0 Å². The number of pyridine rings is 1. The van der Waals surface area contributed by atoms with Gasteiger partial charge in [0.2, 0.25) is 0 Å². The molecule has 4 nitrogen and oxygen atoms in total. The zero-order valence-corrected chi connectivity index (χ0v) is 10.6. The largest absolute Gasteiger partial charge is 0.375 e. The third-order valence-corrected chi connectivity index (χ3v) is 3.07. The van der Waals surface area contributed by atoms with Crippen molar-refractivity contribution >= 4 is 5.82 Å². The molecule has 1 atom stereocenters. The average Bonchev–Trinajstić information content (AvgIpc) is 2.40. The van der Waals surface area contributed by atoms with Crippen LogP contribution in [0.2, 0.25) is 0 Å². The van der Waals surface area contributed by atoms with E-state index in [1.165, 1.54) is 0 Å². The highest BCUT2D eigenvalue weighted by atomic mass is 16.5. The van der Waals surface area contributed by atoms with E-state index < -0.39 is 0 Å². The fourth-order valence-corrected chi connectivity index (χ4v) is 2.10. The lowest BCUT2D eigenvalue weighted by molar-refractivity contribution is 0.0381. The van der Waals surface area contributed by atoms with Gasteiger partial charge < -0.3 is 15.0 Å². The fraction of sp³-hybridized carbons (Fsp3) is 0.615. The van der Waals surface area contributed by atoms with E-state index in [9.17, 15) is 0 Å². The van der Waals surface area contributed by atoms with Crippen LogP contribution in [-0.2, 0) is 11.3 Å². The number of anilines is 1. The second-order valence-electron chi connectivity index (χ2n) is 4.36. The number of rotatable bonds is 4. The van der Waals surface area contributed by atoms with E-state index in [-0.39, 0.29) is 0 Å². The monoisotopic (exact) mass is 235 g/mol. The van der Waals surface area contributed by atoms with Crippen molar-refractivity contribution < 1.29 is 4.74 Å². The molecule has 17 heavy (non-hydrogen) atoms. The van der Waals surface area contributed by atoms with Crippen molar-refractivity contribution in [1.29, 1.82) is 0 Å². The van der Waals surface area contributed by atoms with E-state index in [4.69, 9.17) is 4.74 Å². The van der Waals surface area contributed by atoms with E-state index in [2.05, 4.69) is 40.3 Å². The summed E-state index contributed by atoms with van der Waals surface area (Å²) in [5.74, 6) is 1.07. The van der Waals surface area contributed by atoms with Crippen molar-refractivity contribution in [3.63, 3.8) is 0 Å². The number of morpholine rings is 1. The topological polar surface area (TPSA) is 37.4 Å². The summed E-state index contributed by atoms with van der Waals surface area (Å²) in [4.78, 5) is 6.98. The Kier molecular flexibility index (Phi) is 4.34. The summed E-state index contributed by atoms with van der Waals surface area (Å²) in [7, 11) is 1.94. The molecule has 0 aromatic carbocycles. The summed E-state index contributed by atoms with van der Waals surface area (Å²) >= 11 is 0. The molecule has 1 aromatic heterocycles. The SMILES string of the molecule is CCC1CN(c2cccc(CNC)n2)CCO1. The van der Waals surface area contributed by atoms with Gasteiger partial charge in [-0.2, -0.15) is 0 Å². The minimum atomic E-state index is 0.346. The van der Waals surface area contributed by atoms with Gasteiger partial charge in [0.25, 0.3) is 0 Å². The predicted octanol–water partition coefficient (Wildman–Crippen LogP) is 1.42. The summed E-state index contributed by atoms with van der Waals surface area (Å²) in [5, 5.41) is 3.13. The van der Waals surface area contributed by atoms with Crippen LogP contribution in [0.3, 0.4) is 0 Å². The van der Waals surface area contributed by atoms with Gasteiger partial charge in [0.15, 0.2) is 0 Å². The molecule has 4 heteroatoms. The molecule has 0 aliphatic carbocycles. The van der Waals surface area contributed by atoms with Crippen molar-refractivity contribution in [1.82, 2.24) is 10.3 Å². The Morgan fingerprint density at radius 2 is 2.41 bits per heavy atom. The van der Waals surface area contributed by atoms with Gasteiger partial charge >= 0.3 is 0 Å². The fourth-order valence-electron chi connectivity index (χ4n) is 2.10. The van der Waals surface area contributed by atoms with Crippen LogP contribution in [0.1, 0.15) is 19.0 Å². The molecule has 1 N–H and O–H groups in total. The lowest BCUT2D eigenvalue weighted by Gasteiger charge is -2.33. The van der Waals surface area contributed by atoms with Crippen LogP contribution in [-0.4, -0.2) is 37.8 Å². The standard InChI is InChI=1S/C13H21N3O/c1-3-12-10-16(7-8-17-12)13-6-4-5-11(15-13)9-14-2/h4-6,12,14H,3,7-10H2,1-2H3. The van der Waals surface area contributed by atoms with Crippen molar-refractivity contribution in [3.8, 4) is 0 Å². The number of hydrogen-bond donors (Lipinski definition) is 1. The highest BCUT2D eigenvalue weighted by molar-refractivity contribution is 5.39. The maximum Gasteiger partial charge on any atom is 0.129 e. The average molecular weight is 235 g/mol. The third-order valence-electron chi connectivity index (χ3n) is 3.07. The lowest BCUT2D eigenvalue weighted by Crippen LogP contribution is -2.42. The maximum atomic E-state index is 5.67. The summed E-state index contributed by atoms with van der Waals surface area (Å²) in [6.45, 7) is 5.67. The molecule has 94 valence electrons. The van der Waals surface area contributed by atoms with Gasteiger partial charge in [-0.05, 0) is 25.6 Å². The minimum absolute atomic E-state index is 0.346. The highest BCUT2D eigenvalue weighted by Crippen LogP contribution is 2.16. The Morgan fingerprint density at radius 1 is 1.53 bits per heavy atom. The smallest absolute Gasteiger partial charge is 0.129 e. The normalized spacial score (nSPS) is 20.6. The zero-order chi connectivity index (χ0) is 12.1. The molecule has 1 aliphatic heterocycles. The van der Waals surface area contributed by atoms with Crippen LogP contribution < -0.4 is 10.2 Å². The molecule has 2 heterocycles. The van der Waals surface area contributed by atoms with Gasteiger partial charge in [0.1, 0.15) is 5.82 Å². The molecule has 1 fully saturated rings. The van der Waals surface area contributed by atoms with Gasteiger partial charge in [0, 0.05) is 19.6 Å². The van der Waals surface area contributed by atoms with Gasteiger partial charge in [-0.25, -0.2) is 4.98 Å². The summed E-state index contributed by atoms with van der Waals surface area (Å²) in [6.07, 6.45) is 1.41. The third kappa shape index (κ3) is 3.17. The first-order valence-electron chi connectivity index (χ1n) is 6.30. The number of nitrogens with one attached hydrogen (secondary N) is 1. The minimum Gasteiger partial charge on any atom is -0.375 e. The van der Waals surface area contributed by atoms with Gasteiger partial charge in [-0.3, -0.25) is 0 Å². The second kappa shape index (κ2) is 5.98. The number of hydrogen-bond acceptors (Lipinski definition) is 4. The van der Waals surface area contributed by atoms with E-state index in [1.807, 2.05) is 7.05 Å². The Hall–Kier alpha value is -1.13. The Labute approximate surface area is 103 Å². The van der Waals surface area contributed by atoms with E-state index in [1.54, 1.807) is 0 Å². The van der Waals surface area contributed by atoms with Gasteiger partial charge in [-0.1, -0.05) is 13.0 Å². The first-order valence-corrected chi connectivity index (χ1v) is 6.30.